The lowest BCUT2D eigenvalue weighted by molar-refractivity contribution is -0.137. The van der Waals surface area contributed by atoms with Crippen molar-refractivity contribution in [2.75, 3.05) is 25.5 Å². The van der Waals surface area contributed by atoms with Crippen LogP contribution in [0.3, 0.4) is 0 Å². The Balaban J connectivity index is 1.61. The maximum Gasteiger partial charge on any atom is 0.255 e. The molecule has 0 bridgehead atoms. The summed E-state index contributed by atoms with van der Waals surface area (Å²) in [4.78, 5) is 40.5. The molecule has 3 heterocycles. The molecular weight excluding hydrogens is 504 g/mol. The molecule has 198 valence electrons. The van der Waals surface area contributed by atoms with Gasteiger partial charge < -0.3 is 20.5 Å². The van der Waals surface area contributed by atoms with E-state index in [0.29, 0.717) is 53.4 Å². The number of H-pyrrole nitrogens is 1. The van der Waals surface area contributed by atoms with Gasteiger partial charge in [-0.15, -0.1) is 0 Å². The predicted molar refractivity (Wildman–Crippen MR) is 146 cm³/mol. The van der Waals surface area contributed by atoms with Gasteiger partial charge in [0.05, 0.1) is 23.5 Å². The number of carbonyl (C=O) groups excluding carboxylic acids is 2. The largest absolute Gasteiger partial charge is 0.388 e. The Bertz CT molecular complexity index is 1430. The van der Waals surface area contributed by atoms with Crippen molar-refractivity contribution in [2.24, 2.45) is 11.3 Å². The standard InChI is InChI=1S/C27H31ClN8O2/c1-27(2,3)23(26(38)36-9-7-15(12-29)8-10-36)35-25(37)18-13-32-24-22(18)34-20(14-33-24)21(30)17-11-16(28)5-6-19(17)31-4/h5-6,11,13-15,23,30-31H,7-10H2,1-4H3,(H,32,33)(H,35,37)/t23-/m0/s1. The van der Waals surface area contributed by atoms with Crippen LogP contribution in [0.2, 0.25) is 5.02 Å². The molecule has 38 heavy (non-hydrogen) atoms. The first kappa shape index (κ1) is 27.1. The molecule has 0 unspecified atom stereocenters. The first-order chi connectivity index (χ1) is 18.0. The number of nitrogens with zero attached hydrogens (tertiary/aromatic N) is 4. The van der Waals surface area contributed by atoms with Gasteiger partial charge in [0.15, 0.2) is 5.65 Å². The Morgan fingerprint density at radius 3 is 2.61 bits per heavy atom. The number of hydrogen-bond donors (Lipinski definition) is 4. The minimum atomic E-state index is -0.780. The minimum Gasteiger partial charge on any atom is -0.388 e. The number of benzene rings is 1. The van der Waals surface area contributed by atoms with E-state index in [9.17, 15) is 14.9 Å². The number of amides is 2. The number of carbonyl (C=O) groups is 2. The minimum absolute atomic E-state index is 0.0458. The van der Waals surface area contributed by atoms with Crippen molar-refractivity contribution in [1.29, 1.82) is 10.7 Å². The van der Waals surface area contributed by atoms with Crippen molar-refractivity contribution in [2.45, 2.75) is 39.7 Å². The zero-order chi connectivity index (χ0) is 27.6. The number of nitriles is 1. The molecule has 1 aliphatic rings. The summed E-state index contributed by atoms with van der Waals surface area (Å²) in [5.74, 6) is -0.681. The quantitative estimate of drug-likeness (QED) is 0.351. The van der Waals surface area contributed by atoms with E-state index < -0.39 is 17.4 Å². The van der Waals surface area contributed by atoms with Crippen molar-refractivity contribution in [3.05, 3.63) is 52.4 Å². The highest BCUT2D eigenvalue weighted by atomic mass is 35.5. The molecule has 1 aliphatic heterocycles. The second kappa shape index (κ2) is 10.8. The number of aromatic nitrogens is 3. The monoisotopic (exact) mass is 534 g/mol. The lowest BCUT2D eigenvalue weighted by Gasteiger charge is -2.37. The fourth-order valence-corrected chi connectivity index (χ4v) is 4.71. The number of likely N-dealkylation sites (tertiary alicyclic amines) is 1. The van der Waals surface area contributed by atoms with Crippen LogP contribution in [0.25, 0.3) is 11.2 Å². The number of nitrogens with one attached hydrogen (secondary N) is 4. The highest BCUT2D eigenvalue weighted by Gasteiger charge is 2.37. The topological polar surface area (TPSA) is 151 Å². The van der Waals surface area contributed by atoms with Crippen molar-refractivity contribution in [3.8, 4) is 6.07 Å². The van der Waals surface area contributed by atoms with Gasteiger partial charge in [-0.25, -0.2) is 9.97 Å². The van der Waals surface area contributed by atoms with Gasteiger partial charge in [0.2, 0.25) is 5.91 Å². The van der Waals surface area contributed by atoms with Gasteiger partial charge in [-0.1, -0.05) is 32.4 Å². The van der Waals surface area contributed by atoms with Crippen LogP contribution in [0.4, 0.5) is 5.69 Å². The molecule has 11 heteroatoms. The average Bonchev–Trinajstić information content (AvgIpc) is 3.33. The molecule has 2 aromatic heterocycles. The molecule has 0 aliphatic carbocycles. The first-order valence-corrected chi connectivity index (χ1v) is 12.8. The van der Waals surface area contributed by atoms with Gasteiger partial charge >= 0.3 is 0 Å². The summed E-state index contributed by atoms with van der Waals surface area (Å²) in [5, 5.41) is 24.3. The molecule has 1 aromatic carbocycles. The van der Waals surface area contributed by atoms with Crippen LogP contribution in [0.1, 0.15) is 55.2 Å². The summed E-state index contributed by atoms with van der Waals surface area (Å²) in [7, 11) is 1.75. The third kappa shape index (κ3) is 5.48. The van der Waals surface area contributed by atoms with Crippen LogP contribution in [0.15, 0.2) is 30.6 Å². The van der Waals surface area contributed by atoms with Crippen LogP contribution in [0.5, 0.6) is 0 Å². The predicted octanol–water partition coefficient (Wildman–Crippen LogP) is 3.98. The number of rotatable bonds is 6. The Morgan fingerprint density at radius 2 is 1.97 bits per heavy atom. The molecule has 1 fully saturated rings. The molecule has 1 saturated heterocycles. The van der Waals surface area contributed by atoms with Crippen LogP contribution in [-0.4, -0.2) is 63.6 Å². The molecule has 0 spiro atoms. The highest BCUT2D eigenvalue weighted by molar-refractivity contribution is 6.31. The van der Waals surface area contributed by atoms with E-state index >= 15 is 0 Å². The SMILES string of the molecule is CNc1ccc(Cl)cc1C(=N)c1cnc2[nH]cc(C(=O)N[C@@H](C(=O)N3CCC(C#N)CC3)C(C)(C)C)c2n1. The molecule has 4 rings (SSSR count). The summed E-state index contributed by atoms with van der Waals surface area (Å²) >= 11 is 6.17. The number of aromatic amines is 1. The number of anilines is 1. The molecule has 0 saturated carbocycles. The van der Waals surface area contributed by atoms with Gasteiger partial charge in [-0.2, -0.15) is 5.26 Å². The zero-order valence-corrected chi connectivity index (χ0v) is 22.6. The maximum absolute atomic E-state index is 13.5. The summed E-state index contributed by atoms with van der Waals surface area (Å²) in [6.07, 6.45) is 4.23. The molecular formula is C27H31ClN8O2. The second-order valence-electron chi connectivity index (χ2n) is 10.5. The average molecular weight is 535 g/mol. The van der Waals surface area contributed by atoms with Crippen molar-refractivity contribution < 1.29 is 9.59 Å². The van der Waals surface area contributed by atoms with Crippen LogP contribution >= 0.6 is 11.6 Å². The van der Waals surface area contributed by atoms with Crippen molar-refractivity contribution in [1.82, 2.24) is 25.2 Å². The summed E-state index contributed by atoms with van der Waals surface area (Å²) in [6, 6.07) is 6.67. The lowest BCUT2D eigenvalue weighted by Crippen LogP contribution is -2.56. The molecule has 1 atom stereocenters. The number of fused-ring (bicyclic) bond motifs is 1. The van der Waals surface area contributed by atoms with Gasteiger partial charge in [0, 0.05) is 48.5 Å². The van der Waals surface area contributed by atoms with E-state index in [1.165, 1.54) is 12.4 Å². The number of halogens is 1. The third-order valence-corrected chi connectivity index (χ3v) is 7.01. The van der Waals surface area contributed by atoms with Gasteiger partial charge in [-0.3, -0.25) is 15.0 Å². The van der Waals surface area contributed by atoms with E-state index in [0.717, 1.165) is 0 Å². The fraction of sp³-hybridized carbons (Fsp3) is 0.407. The Morgan fingerprint density at radius 1 is 1.26 bits per heavy atom. The third-order valence-electron chi connectivity index (χ3n) is 6.78. The molecule has 10 nitrogen and oxygen atoms in total. The molecule has 4 N–H and O–H groups in total. The van der Waals surface area contributed by atoms with Crippen molar-refractivity contribution in [3.63, 3.8) is 0 Å². The van der Waals surface area contributed by atoms with E-state index in [2.05, 4.69) is 31.7 Å². The second-order valence-corrected chi connectivity index (χ2v) is 10.9. The van der Waals surface area contributed by atoms with Crippen LogP contribution in [0, 0.1) is 28.1 Å². The summed E-state index contributed by atoms with van der Waals surface area (Å²) in [5.41, 5.74) is 1.99. The Labute approximate surface area is 226 Å². The Kier molecular flexibility index (Phi) is 7.69. The summed E-state index contributed by atoms with van der Waals surface area (Å²) < 4.78 is 0. The lowest BCUT2D eigenvalue weighted by atomic mass is 9.85. The van der Waals surface area contributed by atoms with Crippen LogP contribution < -0.4 is 10.6 Å². The molecule has 3 aromatic rings. The smallest absolute Gasteiger partial charge is 0.255 e. The zero-order valence-electron chi connectivity index (χ0n) is 21.9. The maximum atomic E-state index is 13.5. The number of piperidine rings is 1. The van der Waals surface area contributed by atoms with E-state index in [1.54, 1.807) is 30.1 Å². The first-order valence-electron chi connectivity index (χ1n) is 12.4. The van der Waals surface area contributed by atoms with Crippen molar-refractivity contribution >= 4 is 46.0 Å². The molecule has 2 amide bonds. The normalized spacial score (nSPS) is 15.1. The van der Waals surface area contributed by atoms with E-state index in [1.807, 2.05) is 20.8 Å². The van der Waals surface area contributed by atoms with E-state index in [-0.39, 0.29) is 28.8 Å². The Hall–Kier alpha value is -3.97. The van der Waals surface area contributed by atoms with Gasteiger partial charge in [0.1, 0.15) is 17.3 Å². The van der Waals surface area contributed by atoms with Gasteiger partial charge in [-0.05, 0) is 36.5 Å². The number of hydrogen-bond acceptors (Lipinski definition) is 7. The van der Waals surface area contributed by atoms with Gasteiger partial charge in [0.25, 0.3) is 5.91 Å². The highest BCUT2D eigenvalue weighted by Crippen LogP contribution is 2.26. The fourth-order valence-electron chi connectivity index (χ4n) is 4.53. The van der Waals surface area contributed by atoms with Crippen LogP contribution in [-0.2, 0) is 4.79 Å². The molecule has 0 radical (unpaired) electrons. The summed E-state index contributed by atoms with van der Waals surface area (Å²) in [6.45, 7) is 6.67. The van der Waals surface area contributed by atoms with E-state index in [4.69, 9.17) is 17.0 Å².